The molecule has 0 spiro atoms. The van der Waals surface area contributed by atoms with E-state index in [1.807, 2.05) is 35.7 Å². The summed E-state index contributed by atoms with van der Waals surface area (Å²) in [6.07, 6.45) is 2.09. The largest absolute Gasteiger partial charge is 0.316 e. The number of anilines is 1. The third-order valence-corrected chi connectivity index (χ3v) is 10.4. The number of rotatable bonds is 5. The van der Waals surface area contributed by atoms with E-state index in [4.69, 9.17) is 4.98 Å². The first-order valence-electron chi connectivity index (χ1n) is 9.84. The van der Waals surface area contributed by atoms with Crippen LogP contribution in [0.1, 0.15) is 19.3 Å². The number of aromatic nitrogens is 1. The minimum atomic E-state index is -3.69. The number of carbonyl (C=O) groups excluding carboxylic acids is 1. The summed E-state index contributed by atoms with van der Waals surface area (Å²) in [6, 6.07) is 12.5. The van der Waals surface area contributed by atoms with Gasteiger partial charge in [0, 0.05) is 12.1 Å². The fraction of sp³-hybridized carbons (Fsp3) is 0.238. The van der Waals surface area contributed by atoms with Crippen molar-refractivity contribution in [2.75, 3.05) is 11.9 Å². The Kier molecular flexibility index (Phi) is 5.65. The Balaban J connectivity index is 1.42. The van der Waals surface area contributed by atoms with Gasteiger partial charge in [-0.15, -0.1) is 34.0 Å². The topological polar surface area (TPSA) is 79.4 Å². The quantitative estimate of drug-likeness (QED) is 0.414. The van der Waals surface area contributed by atoms with Crippen molar-refractivity contribution in [1.29, 1.82) is 0 Å². The van der Waals surface area contributed by atoms with Crippen molar-refractivity contribution in [2.24, 2.45) is 0 Å². The van der Waals surface area contributed by atoms with Gasteiger partial charge in [0.1, 0.15) is 20.3 Å². The summed E-state index contributed by atoms with van der Waals surface area (Å²) in [7, 11) is -3.69. The highest BCUT2D eigenvalue weighted by Crippen LogP contribution is 2.38. The molecule has 0 bridgehead atoms. The Hall–Kier alpha value is -2.11. The van der Waals surface area contributed by atoms with Crippen molar-refractivity contribution in [1.82, 2.24) is 9.29 Å². The van der Waals surface area contributed by atoms with E-state index in [1.54, 1.807) is 28.8 Å². The third-order valence-electron chi connectivity index (χ3n) is 5.24. The number of thiazole rings is 1. The molecule has 1 aliphatic rings. The maximum atomic E-state index is 13.2. The van der Waals surface area contributed by atoms with Crippen molar-refractivity contribution in [3.63, 3.8) is 0 Å². The van der Waals surface area contributed by atoms with Crippen LogP contribution in [0.3, 0.4) is 0 Å². The van der Waals surface area contributed by atoms with E-state index in [9.17, 15) is 13.2 Å². The highest BCUT2D eigenvalue weighted by atomic mass is 32.2. The Morgan fingerprint density at radius 2 is 1.94 bits per heavy atom. The lowest BCUT2D eigenvalue weighted by molar-refractivity contribution is -0.120. The molecule has 6 nitrogen and oxygen atoms in total. The van der Waals surface area contributed by atoms with Gasteiger partial charge in [0.25, 0.3) is 10.0 Å². The molecular formula is C21H19N3O3S4. The van der Waals surface area contributed by atoms with Gasteiger partial charge in [-0.1, -0.05) is 24.6 Å². The standard InChI is InChI=1S/C21H19N3O3S4/c25-19(16-7-3-4-11-24(16)31(26,27)18-9-5-12-28-18)23-20-14(10-13-29-20)21-22-15-6-1-2-8-17(15)30-21/h1-2,5-6,8-10,12-13,16H,3-4,7,11H2,(H,23,25). The van der Waals surface area contributed by atoms with Crippen LogP contribution in [0.25, 0.3) is 20.8 Å². The molecule has 0 radical (unpaired) electrons. The molecule has 1 atom stereocenters. The zero-order chi connectivity index (χ0) is 21.4. The monoisotopic (exact) mass is 489 g/mol. The fourth-order valence-electron chi connectivity index (χ4n) is 3.74. The number of thiophene rings is 2. The predicted molar refractivity (Wildman–Crippen MR) is 127 cm³/mol. The molecule has 0 aliphatic carbocycles. The van der Waals surface area contributed by atoms with Crippen LogP contribution in [0, 0.1) is 0 Å². The number of nitrogens with zero attached hydrogens (tertiary/aromatic N) is 2. The average Bonchev–Trinajstić information content (AvgIpc) is 3.53. The molecule has 1 aromatic carbocycles. The van der Waals surface area contributed by atoms with Gasteiger partial charge in [0.05, 0.1) is 10.2 Å². The molecule has 4 heterocycles. The van der Waals surface area contributed by atoms with E-state index in [0.717, 1.165) is 33.6 Å². The first-order chi connectivity index (χ1) is 15.0. The smallest absolute Gasteiger partial charge is 0.253 e. The zero-order valence-electron chi connectivity index (χ0n) is 16.4. The van der Waals surface area contributed by atoms with Crippen molar-refractivity contribution in [3.8, 4) is 10.6 Å². The molecule has 10 heteroatoms. The van der Waals surface area contributed by atoms with Crippen LogP contribution in [0.2, 0.25) is 0 Å². The maximum Gasteiger partial charge on any atom is 0.253 e. The molecule has 1 amide bonds. The summed E-state index contributed by atoms with van der Waals surface area (Å²) in [5, 5.41) is 8.18. The molecule has 5 rings (SSSR count). The predicted octanol–water partition coefficient (Wildman–Crippen LogP) is 5.27. The molecule has 4 aromatic rings. The van der Waals surface area contributed by atoms with Crippen molar-refractivity contribution >= 4 is 65.2 Å². The first-order valence-corrected chi connectivity index (χ1v) is 13.9. The Bertz CT molecular complexity index is 1290. The summed E-state index contributed by atoms with van der Waals surface area (Å²) in [5.74, 6) is -0.287. The lowest BCUT2D eigenvalue weighted by Crippen LogP contribution is -2.49. The highest BCUT2D eigenvalue weighted by Gasteiger charge is 2.38. The van der Waals surface area contributed by atoms with Gasteiger partial charge < -0.3 is 5.32 Å². The van der Waals surface area contributed by atoms with Crippen LogP contribution < -0.4 is 5.32 Å². The third kappa shape index (κ3) is 3.94. The van der Waals surface area contributed by atoms with Gasteiger partial charge in [-0.05, 0) is 47.9 Å². The lowest BCUT2D eigenvalue weighted by Gasteiger charge is -2.33. The van der Waals surface area contributed by atoms with Gasteiger partial charge in [0.2, 0.25) is 5.91 Å². The molecule has 0 saturated carbocycles. The van der Waals surface area contributed by atoms with Crippen LogP contribution >= 0.6 is 34.0 Å². The van der Waals surface area contributed by atoms with E-state index < -0.39 is 16.1 Å². The molecule has 31 heavy (non-hydrogen) atoms. The average molecular weight is 490 g/mol. The van der Waals surface area contributed by atoms with E-state index in [1.165, 1.54) is 27.0 Å². The second kappa shape index (κ2) is 8.44. The second-order valence-electron chi connectivity index (χ2n) is 7.20. The molecule has 160 valence electrons. The summed E-state index contributed by atoms with van der Waals surface area (Å²) >= 11 is 4.17. The van der Waals surface area contributed by atoms with Crippen LogP contribution in [0.5, 0.6) is 0 Å². The number of hydrogen-bond acceptors (Lipinski definition) is 7. The number of piperidine rings is 1. The Morgan fingerprint density at radius 1 is 1.06 bits per heavy atom. The van der Waals surface area contributed by atoms with Crippen LogP contribution in [0.4, 0.5) is 5.00 Å². The van der Waals surface area contributed by atoms with Crippen molar-refractivity contribution in [3.05, 3.63) is 53.2 Å². The zero-order valence-corrected chi connectivity index (χ0v) is 19.6. The van der Waals surface area contributed by atoms with E-state index in [-0.39, 0.29) is 10.1 Å². The minimum absolute atomic E-state index is 0.276. The summed E-state index contributed by atoms with van der Waals surface area (Å²) in [4.78, 5) is 17.9. The number of sulfonamides is 1. The SMILES string of the molecule is O=C(Nc1sccc1-c1nc2ccccc2s1)C1CCCCN1S(=O)(=O)c1cccs1. The molecule has 1 unspecified atom stereocenters. The fourth-order valence-corrected chi connectivity index (χ4v) is 8.37. The van der Waals surface area contributed by atoms with E-state index in [0.29, 0.717) is 18.0 Å². The summed E-state index contributed by atoms with van der Waals surface area (Å²) < 4.78 is 28.9. The van der Waals surface area contributed by atoms with Gasteiger partial charge in [-0.25, -0.2) is 13.4 Å². The molecule has 1 fully saturated rings. The summed E-state index contributed by atoms with van der Waals surface area (Å²) in [5.41, 5.74) is 1.79. The number of nitrogens with one attached hydrogen (secondary N) is 1. The Labute approximate surface area is 192 Å². The van der Waals surface area contributed by atoms with Crippen molar-refractivity contribution < 1.29 is 13.2 Å². The second-order valence-corrected chi connectivity index (χ2v) is 12.2. The normalized spacial score (nSPS) is 17.7. The van der Waals surface area contributed by atoms with Crippen LogP contribution in [0.15, 0.2) is 57.4 Å². The molecule has 1 saturated heterocycles. The molecular weight excluding hydrogens is 471 g/mol. The lowest BCUT2D eigenvalue weighted by atomic mass is 10.0. The van der Waals surface area contributed by atoms with Crippen molar-refractivity contribution in [2.45, 2.75) is 29.5 Å². The van der Waals surface area contributed by atoms with Gasteiger partial charge in [-0.3, -0.25) is 4.79 Å². The summed E-state index contributed by atoms with van der Waals surface area (Å²) in [6.45, 7) is 0.355. The van der Waals surface area contributed by atoms with Crippen LogP contribution in [-0.2, 0) is 14.8 Å². The number of amides is 1. The molecule has 3 aromatic heterocycles. The number of benzene rings is 1. The number of fused-ring (bicyclic) bond motifs is 1. The number of carbonyl (C=O) groups is 1. The molecule has 1 N–H and O–H groups in total. The first kappa shape index (κ1) is 20.8. The van der Waals surface area contributed by atoms with Gasteiger partial charge >= 0.3 is 0 Å². The molecule has 1 aliphatic heterocycles. The van der Waals surface area contributed by atoms with Crippen LogP contribution in [-0.4, -0.2) is 36.2 Å². The number of para-hydroxylation sites is 1. The number of hydrogen-bond donors (Lipinski definition) is 1. The Morgan fingerprint density at radius 3 is 2.74 bits per heavy atom. The van der Waals surface area contributed by atoms with Gasteiger partial charge in [0.15, 0.2) is 0 Å². The van der Waals surface area contributed by atoms with Gasteiger partial charge in [-0.2, -0.15) is 4.31 Å². The highest BCUT2D eigenvalue weighted by molar-refractivity contribution is 7.91. The van der Waals surface area contributed by atoms with E-state index >= 15 is 0 Å². The minimum Gasteiger partial charge on any atom is -0.316 e. The maximum absolute atomic E-state index is 13.2. The van der Waals surface area contributed by atoms with E-state index in [2.05, 4.69) is 5.32 Å².